The maximum absolute atomic E-state index is 13.3. The number of hydrogen-bond donors (Lipinski definition) is 0. The molecular formula is C30H28N2O5. The van der Waals surface area contributed by atoms with Crippen LogP contribution < -0.4 is 14.4 Å². The molecule has 4 aromatic rings. The van der Waals surface area contributed by atoms with Crippen LogP contribution in [0, 0.1) is 6.92 Å². The predicted molar refractivity (Wildman–Crippen MR) is 143 cm³/mol. The van der Waals surface area contributed by atoms with E-state index in [0.717, 1.165) is 5.56 Å². The van der Waals surface area contributed by atoms with Gasteiger partial charge in [-0.1, -0.05) is 41.6 Å². The summed E-state index contributed by atoms with van der Waals surface area (Å²) < 4.78 is 16.0. The van der Waals surface area contributed by atoms with Crippen molar-refractivity contribution in [1.82, 2.24) is 5.16 Å². The molecular weight excluding hydrogens is 468 g/mol. The first-order chi connectivity index (χ1) is 18.0. The van der Waals surface area contributed by atoms with Crippen molar-refractivity contribution in [2.24, 2.45) is 0 Å². The molecule has 0 fully saturated rings. The van der Waals surface area contributed by atoms with Crippen LogP contribution in [-0.4, -0.2) is 44.0 Å². The molecule has 0 bridgehead atoms. The summed E-state index contributed by atoms with van der Waals surface area (Å²) in [7, 11) is 3.14. The van der Waals surface area contributed by atoms with Crippen molar-refractivity contribution in [2.45, 2.75) is 6.92 Å². The first kappa shape index (κ1) is 25.4. The highest BCUT2D eigenvalue weighted by Gasteiger charge is 2.24. The molecule has 188 valence electrons. The molecule has 0 N–H and O–H groups in total. The Morgan fingerprint density at radius 3 is 1.78 bits per heavy atom. The SMILES string of the molecule is COc1ccc(C(=O)CN(CC(=O)c2ccc(OC)cc2)c2c(C)noc2/C=C/c2ccccc2)cc1. The Morgan fingerprint density at radius 1 is 0.784 bits per heavy atom. The van der Waals surface area contributed by atoms with Gasteiger partial charge in [-0.3, -0.25) is 9.59 Å². The average Bonchev–Trinajstić information content (AvgIpc) is 3.32. The zero-order chi connectivity index (χ0) is 26.2. The Balaban J connectivity index is 1.65. The Kier molecular flexibility index (Phi) is 8.15. The van der Waals surface area contributed by atoms with E-state index in [0.29, 0.717) is 39.8 Å². The first-order valence-electron chi connectivity index (χ1n) is 11.8. The lowest BCUT2D eigenvalue weighted by Crippen LogP contribution is -2.35. The van der Waals surface area contributed by atoms with Crippen LogP contribution in [0.1, 0.15) is 37.7 Å². The zero-order valence-electron chi connectivity index (χ0n) is 21.0. The van der Waals surface area contributed by atoms with Crippen molar-refractivity contribution in [3.8, 4) is 11.5 Å². The maximum Gasteiger partial charge on any atom is 0.183 e. The zero-order valence-corrected chi connectivity index (χ0v) is 21.0. The van der Waals surface area contributed by atoms with Crippen LogP contribution in [0.15, 0.2) is 83.4 Å². The van der Waals surface area contributed by atoms with E-state index in [1.165, 1.54) is 0 Å². The minimum atomic E-state index is -0.149. The van der Waals surface area contributed by atoms with Gasteiger partial charge in [0.25, 0.3) is 0 Å². The number of nitrogens with zero attached hydrogens (tertiary/aromatic N) is 2. The normalized spacial score (nSPS) is 10.9. The van der Waals surface area contributed by atoms with Crippen LogP contribution in [0.2, 0.25) is 0 Å². The molecule has 0 radical (unpaired) electrons. The van der Waals surface area contributed by atoms with Gasteiger partial charge in [0.05, 0.1) is 27.3 Å². The van der Waals surface area contributed by atoms with Gasteiger partial charge in [-0.05, 0) is 67.1 Å². The van der Waals surface area contributed by atoms with Gasteiger partial charge in [-0.2, -0.15) is 0 Å². The van der Waals surface area contributed by atoms with E-state index in [2.05, 4.69) is 5.16 Å². The number of benzene rings is 3. The number of aryl methyl sites for hydroxylation is 1. The van der Waals surface area contributed by atoms with E-state index in [9.17, 15) is 9.59 Å². The second-order valence-electron chi connectivity index (χ2n) is 8.38. The molecule has 0 atom stereocenters. The molecule has 0 saturated carbocycles. The van der Waals surface area contributed by atoms with Gasteiger partial charge in [-0.15, -0.1) is 0 Å². The van der Waals surface area contributed by atoms with E-state index in [-0.39, 0.29) is 24.7 Å². The smallest absolute Gasteiger partial charge is 0.183 e. The number of methoxy groups -OCH3 is 2. The van der Waals surface area contributed by atoms with E-state index < -0.39 is 0 Å². The van der Waals surface area contributed by atoms with Gasteiger partial charge in [0.15, 0.2) is 17.3 Å². The van der Waals surface area contributed by atoms with Crippen molar-refractivity contribution in [3.05, 3.63) is 107 Å². The number of Topliss-reactive ketones (excluding diaryl/α,β-unsaturated/α-hetero) is 2. The molecule has 0 aliphatic rings. The Morgan fingerprint density at radius 2 is 1.30 bits per heavy atom. The Hall–Kier alpha value is -4.65. The monoisotopic (exact) mass is 496 g/mol. The third-order valence-electron chi connectivity index (χ3n) is 5.89. The van der Waals surface area contributed by atoms with Crippen LogP contribution >= 0.6 is 0 Å². The lowest BCUT2D eigenvalue weighted by molar-refractivity contribution is 0.0984. The van der Waals surface area contributed by atoms with E-state index in [1.807, 2.05) is 36.4 Å². The summed E-state index contributed by atoms with van der Waals surface area (Å²) in [5.74, 6) is 1.48. The number of aromatic nitrogens is 1. The van der Waals surface area contributed by atoms with Crippen LogP contribution in [0.5, 0.6) is 11.5 Å². The summed E-state index contributed by atoms with van der Waals surface area (Å²) in [6.07, 6.45) is 3.70. The van der Waals surface area contributed by atoms with E-state index >= 15 is 0 Å². The second kappa shape index (κ2) is 11.9. The Labute approximate surface area is 215 Å². The van der Waals surface area contributed by atoms with Gasteiger partial charge in [0, 0.05) is 11.1 Å². The number of carbonyl (C=O) groups is 2. The maximum atomic E-state index is 13.3. The molecule has 0 unspecified atom stereocenters. The highest BCUT2D eigenvalue weighted by molar-refractivity contribution is 6.03. The predicted octanol–water partition coefficient (Wildman–Crippen LogP) is 5.74. The fraction of sp³-hybridized carbons (Fsp3) is 0.167. The molecule has 0 aliphatic carbocycles. The summed E-state index contributed by atoms with van der Waals surface area (Å²) in [6, 6.07) is 23.5. The fourth-order valence-electron chi connectivity index (χ4n) is 3.91. The van der Waals surface area contributed by atoms with E-state index in [4.69, 9.17) is 14.0 Å². The first-order valence-corrected chi connectivity index (χ1v) is 11.8. The molecule has 0 amide bonds. The third-order valence-corrected chi connectivity index (χ3v) is 5.89. The molecule has 0 saturated heterocycles. The molecule has 4 rings (SSSR count). The van der Waals surface area contributed by atoms with Crippen LogP contribution in [0.25, 0.3) is 12.2 Å². The van der Waals surface area contributed by atoms with Crippen molar-refractivity contribution in [1.29, 1.82) is 0 Å². The number of ketones is 2. The molecule has 0 spiro atoms. The van der Waals surface area contributed by atoms with Crippen molar-refractivity contribution in [3.63, 3.8) is 0 Å². The third kappa shape index (κ3) is 6.32. The molecule has 37 heavy (non-hydrogen) atoms. The number of rotatable bonds is 11. The lowest BCUT2D eigenvalue weighted by atomic mass is 10.1. The largest absolute Gasteiger partial charge is 0.497 e. The van der Waals surface area contributed by atoms with Crippen LogP contribution in [-0.2, 0) is 0 Å². The minimum Gasteiger partial charge on any atom is -0.497 e. The summed E-state index contributed by atoms with van der Waals surface area (Å²) >= 11 is 0. The second-order valence-corrected chi connectivity index (χ2v) is 8.38. The molecule has 7 nitrogen and oxygen atoms in total. The fourth-order valence-corrected chi connectivity index (χ4v) is 3.91. The highest BCUT2D eigenvalue weighted by atomic mass is 16.5. The number of anilines is 1. The van der Waals surface area contributed by atoms with E-state index in [1.54, 1.807) is 80.7 Å². The molecule has 1 aromatic heterocycles. The molecule has 3 aromatic carbocycles. The van der Waals surface area contributed by atoms with Crippen LogP contribution in [0.4, 0.5) is 5.69 Å². The quantitative estimate of drug-likeness (QED) is 0.245. The van der Waals surface area contributed by atoms with Gasteiger partial charge in [0.1, 0.15) is 22.9 Å². The minimum absolute atomic E-state index is 0.0392. The summed E-state index contributed by atoms with van der Waals surface area (Å²) in [5.41, 5.74) is 3.18. The Bertz CT molecular complexity index is 1310. The highest BCUT2D eigenvalue weighted by Crippen LogP contribution is 2.28. The van der Waals surface area contributed by atoms with Gasteiger partial charge in [0.2, 0.25) is 0 Å². The number of ether oxygens (including phenoxy) is 2. The van der Waals surface area contributed by atoms with Crippen LogP contribution in [0.3, 0.4) is 0 Å². The van der Waals surface area contributed by atoms with Crippen molar-refractivity contribution in [2.75, 3.05) is 32.2 Å². The summed E-state index contributed by atoms with van der Waals surface area (Å²) in [5, 5.41) is 4.13. The summed E-state index contributed by atoms with van der Waals surface area (Å²) in [4.78, 5) is 28.3. The van der Waals surface area contributed by atoms with Gasteiger partial charge >= 0.3 is 0 Å². The van der Waals surface area contributed by atoms with Crippen molar-refractivity contribution < 1.29 is 23.6 Å². The molecule has 7 heteroatoms. The van der Waals surface area contributed by atoms with Crippen molar-refractivity contribution >= 4 is 29.4 Å². The van der Waals surface area contributed by atoms with Gasteiger partial charge in [-0.25, -0.2) is 0 Å². The molecule has 1 heterocycles. The van der Waals surface area contributed by atoms with Gasteiger partial charge < -0.3 is 18.9 Å². The summed E-state index contributed by atoms with van der Waals surface area (Å²) in [6.45, 7) is 1.71. The molecule has 0 aliphatic heterocycles. The average molecular weight is 497 g/mol. The standard InChI is InChI=1S/C30H28N2O5/c1-21-30(29(37-31-21)18-9-22-7-5-4-6-8-22)32(19-27(33)23-10-14-25(35-2)15-11-23)20-28(34)24-12-16-26(36-3)17-13-24/h4-18H,19-20H2,1-3H3/b18-9+. The number of carbonyl (C=O) groups excluding carboxylic acids is 2. The number of hydrogen-bond acceptors (Lipinski definition) is 7. The lowest BCUT2D eigenvalue weighted by Gasteiger charge is -2.23. The topological polar surface area (TPSA) is 81.9 Å².